The topological polar surface area (TPSA) is 12.9 Å². The molecule has 14 heavy (non-hydrogen) atoms. The third-order valence-corrected chi connectivity index (χ3v) is 4.03. The second-order valence-electron chi connectivity index (χ2n) is 4.25. The van der Waals surface area contributed by atoms with E-state index in [1.54, 1.807) is 11.3 Å². The van der Waals surface area contributed by atoms with E-state index in [9.17, 15) is 0 Å². The van der Waals surface area contributed by atoms with Gasteiger partial charge >= 0.3 is 0 Å². The van der Waals surface area contributed by atoms with Gasteiger partial charge in [-0.2, -0.15) is 0 Å². The van der Waals surface area contributed by atoms with Crippen LogP contribution in [-0.4, -0.2) is 10.9 Å². The number of hydrogen-bond donors (Lipinski definition) is 0. The zero-order chi connectivity index (χ0) is 10.6. The fourth-order valence-electron chi connectivity index (χ4n) is 1.65. The van der Waals surface area contributed by atoms with Crippen molar-refractivity contribution in [2.45, 2.75) is 40.0 Å². The van der Waals surface area contributed by atoms with E-state index in [1.807, 2.05) is 6.92 Å². The van der Waals surface area contributed by atoms with E-state index in [1.165, 1.54) is 17.8 Å². The zero-order valence-electron chi connectivity index (χ0n) is 9.14. The molecule has 0 aromatic carbocycles. The van der Waals surface area contributed by atoms with Gasteiger partial charge in [-0.3, -0.25) is 0 Å². The van der Waals surface area contributed by atoms with Gasteiger partial charge in [0.2, 0.25) is 0 Å². The number of thiazole rings is 1. The van der Waals surface area contributed by atoms with Gasteiger partial charge < -0.3 is 0 Å². The molecule has 0 amide bonds. The highest BCUT2D eigenvalue weighted by Gasteiger charge is 2.23. The first-order chi connectivity index (χ1) is 6.59. The first kappa shape index (κ1) is 12.0. The minimum atomic E-state index is 0.223. The van der Waals surface area contributed by atoms with Crippen molar-refractivity contribution in [3.63, 3.8) is 0 Å². The molecule has 0 aliphatic heterocycles. The molecule has 1 nitrogen and oxygen atoms in total. The molecule has 1 aromatic rings. The number of halogens is 1. The third kappa shape index (κ3) is 3.25. The van der Waals surface area contributed by atoms with Crippen LogP contribution in [0.2, 0.25) is 0 Å². The van der Waals surface area contributed by atoms with Gasteiger partial charge in [-0.05, 0) is 18.8 Å². The van der Waals surface area contributed by atoms with Gasteiger partial charge in [0, 0.05) is 23.4 Å². The maximum Gasteiger partial charge on any atom is 0.0933 e. The Balaban J connectivity index is 2.64. The second-order valence-corrected chi connectivity index (χ2v) is 5.46. The highest BCUT2D eigenvalue weighted by atomic mass is 35.5. The molecule has 0 aliphatic rings. The SMILES string of the molecule is CCCC(C)(CCl)Cc1nc(C)cs1. The van der Waals surface area contributed by atoms with Crippen molar-refractivity contribution >= 4 is 22.9 Å². The molecule has 80 valence electrons. The van der Waals surface area contributed by atoms with E-state index in [-0.39, 0.29) is 5.41 Å². The molecule has 0 saturated carbocycles. The van der Waals surface area contributed by atoms with Gasteiger partial charge in [-0.1, -0.05) is 20.3 Å². The molecule has 0 radical (unpaired) electrons. The van der Waals surface area contributed by atoms with Crippen LogP contribution in [0.3, 0.4) is 0 Å². The van der Waals surface area contributed by atoms with Gasteiger partial charge in [0.15, 0.2) is 0 Å². The van der Waals surface area contributed by atoms with Crippen LogP contribution in [0.5, 0.6) is 0 Å². The van der Waals surface area contributed by atoms with E-state index < -0.39 is 0 Å². The summed E-state index contributed by atoms with van der Waals surface area (Å²) < 4.78 is 0. The van der Waals surface area contributed by atoms with Crippen LogP contribution in [0.25, 0.3) is 0 Å². The molecule has 0 bridgehead atoms. The average Bonchev–Trinajstić information content (AvgIpc) is 2.51. The van der Waals surface area contributed by atoms with Crippen molar-refractivity contribution in [2.75, 3.05) is 5.88 Å². The van der Waals surface area contributed by atoms with Crippen LogP contribution in [-0.2, 0) is 6.42 Å². The van der Waals surface area contributed by atoms with E-state index in [4.69, 9.17) is 11.6 Å². The molecule has 1 atom stereocenters. The van der Waals surface area contributed by atoms with Gasteiger partial charge in [0.05, 0.1) is 5.01 Å². The lowest BCUT2D eigenvalue weighted by Crippen LogP contribution is -2.21. The molecule has 0 aliphatic carbocycles. The molecule has 1 unspecified atom stereocenters. The Morgan fingerprint density at radius 2 is 2.29 bits per heavy atom. The largest absolute Gasteiger partial charge is 0.247 e. The Morgan fingerprint density at radius 1 is 1.57 bits per heavy atom. The van der Waals surface area contributed by atoms with Crippen molar-refractivity contribution in [3.8, 4) is 0 Å². The summed E-state index contributed by atoms with van der Waals surface area (Å²) in [5.41, 5.74) is 1.35. The molecule has 1 rings (SSSR count). The van der Waals surface area contributed by atoms with Crippen molar-refractivity contribution in [3.05, 3.63) is 16.1 Å². The Morgan fingerprint density at radius 3 is 2.71 bits per heavy atom. The van der Waals surface area contributed by atoms with Crippen LogP contribution in [0.15, 0.2) is 5.38 Å². The summed E-state index contributed by atoms with van der Waals surface area (Å²) in [6, 6.07) is 0. The number of aromatic nitrogens is 1. The van der Waals surface area contributed by atoms with Crippen LogP contribution < -0.4 is 0 Å². The molecular weight excluding hydrogens is 214 g/mol. The van der Waals surface area contributed by atoms with Crippen molar-refractivity contribution < 1.29 is 0 Å². The lowest BCUT2D eigenvalue weighted by atomic mass is 9.85. The predicted octanol–water partition coefficient (Wildman–Crippen LogP) is 4.04. The standard InChI is InChI=1S/C11H18ClNS/c1-4-5-11(3,8-12)6-10-13-9(2)7-14-10/h7H,4-6,8H2,1-3H3. The molecule has 0 N–H and O–H groups in total. The summed E-state index contributed by atoms with van der Waals surface area (Å²) in [5.74, 6) is 0.722. The Bertz CT molecular complexity index is 285. The highest BCUT2D eigenvalue weighted by Crippen LogP contribution is 2.30. The van der Waals surface area contributed by atoms with Gasteiger partial charge in [-0.25, -0.2) is 4.98 Å². The maximum atomic E-state index is 6.02. The quantitative estimate of drug-likeness (QED) is 0.697. The predicted molar refractivity (Wildman–Crippen MR) is 64.3 cm³/mol. The fraction of sp³-hybridized carbons (Fsp3) is 0.727. The molecular formula is C11H18ClNS. The van der Waals surface area contributed by atoms with Gasteiger partial charge in [-0.15, -0.1) is 22.9 Å². The Kier molecular flexibility index (Phi) is 4.39. The second kappa shape index (κ2) is 5.13. The number of rotatable bonds is 5. The Labute approximate surface area is 95.5 Å². The summed E-state index contributed by atoms with van der Waals surface area (Å²) in [5, 5.41) is 3.33. The summed E-state index contributed by atoms with van der Waals surface area (Å²) in [6.07, 6.45) is 3.38. The minimum Gasteiger partial charge on any atom is -0.247 e. The molecule has 3 heteroatoms. The summed E-state index contributed by atoms with van der Waals surface area (Å²) in [7, 11) is 0. The smallest absolute Gasteiger partial charge is 0.0933 e. The number of nitrogens with zero attached hydrogens (tertiary/aromatic N) is 1. The van der Waals surface area contributed by atoms with Gasteiger partial charge in [0.1, 0.15) is 0 Å². The van der Waals surface area contributed by atoms with E-state index in [0.29, 0.717) is 0 Å². The molecule has 0 fully saturated rings. The maximum absolute atomic E-state index is 6.02. The monoisotopic (exact) mass is 231 g/mol. The first-order valence-electron chi connectivity index (χ1n) is 5.06. The number of alkyl halides is 1. The van der Waals surface area contributed by atoms with Crippen LogP contribution in [0.4, 0.5) is 0 Å². The lowest BCUT2D eigenvalue weighted by molar-refractivity contribution is 0.334. The summed E-state index contributed by atoms with van der Waals surface area (Å²) in [4.78, 5) is 4.49. The van der Waals surface area contributed by atoms with Crippen molar-refractivity contribution in [1.29, 1.82) is 0 Å². The van der Waals surface area contributed by atoms with Crippen molar-refractivity contribution in [1.82, 2.24) is 4.98 Å². The fourth-order valence-corrected chi connectivity index (χ4v) is 2.87. The first-order valence-corrected chi connectivity index (χ1v) is 6.48. The van der Waals surface area contributed by atoms with Crippen LogP contribution in [0.1, 0.15) is 37.4 Å². The third-order valence-electron chi connectivity index (χ3n) is 2.42. The normalized spacial score (nSPS) is 15.4. The minimum absolute atomic E-state index is 0.223. The average molecular weight is 232 g/mol. The summed E-state index contributed by atoms with van der Waals surface area (Å²) >= 11 is 7.77. The van der Waals surface area contributed by atoms with E-state index in [2.05, 4.69) is 24.2 Å². The van der Waals surface area contributed by atoms with E-state index in [0.717, 1.165) is 18.0 Å². The molecule has 1 aromatic heterocycles. The van der Waals surface area contributed by atoms with Crippen LogP contribution >= 0.6 is 22.9 Å². The summed E-state index contributed by atoms with van der Waals surface area (Å²) in [6.45, 7) is 6.50. The molecule has 0 saturated heterocycles. The van der Waals surface area contributed by atoms with E-state index >= 15 is 0 Å². The zero-order valence-corrected chi connectivity index (χ0v) is 10.7. The number of hydrogen-bond acceptors (Lipinski definition) is 2. The molecule has 1 heterocycles. The molecule has 0 spiro atoms. The lowest BCUT2D eigenvalue weighted by Gasteiger charge is -2.25. The Hall–Kier alpha value is -0.0800. The highest BCUT2D eigenvalue weighted by molar-refractivity contribution is 7.09. The number of aryl methyl sites for hydroxylation is 1. The van der Waals surface area contributed by atoms with Gasteiger partial charge in [0.25, 0.3) is 0 Å². The van der Waals surface area contributed by atoms with Crippen LogP contribution in [0, 0.1) is 12.3 Å². The van der Waals surface area contributed by atoms with Crippen molar-refractivity contribution in [2.24, 2.45) is 5.41 Å².